The Kier molecular flexibility index (Phi) is 17.6. The van der Waals surface area contributed by atoms with Crippen molar-refractivity contribution in [3.63, 3.8) is 0 Å². The molecule has 0 fully saturated rings. The lowest BCUT2D eigenvalue weighted by atomic mass is 10.0. The van der Waals surface area contributed by atoms with E-state index in [-0.39, 0.29) is 0 Å². The van der Waals surface area contributed by atoms with Crippen LogP contribution in [-0.2, 0) is 0 Å². The summed E-state index contributed by atoms with van der Waals surface area (Å²) >= 11 is 0. The Morgan fingerprint density at radius 3 is 1.23 bits per heavy atom. The van der Waals surface area contributed by atoms with Crippen molar-refractivity contribution < 1.29 is 0 Å². The Hall–Kier alpha value is -0.790. The zero-order valence-corrected chi connectivity index (χ0v) is 15.5. The van der Waals surface area contributed by atoms with Crippen molar-refractivity contribution in [1.82, 2.24) is 9.97 Å². The van der Waals surface area contributed by atoms with Crippen LogP contribution in [-0.4, -0.2) is 9.97 Å². The monoisotopic (exact) mass is 308 g/mol. The normalized spacial score (nSPS) is 10.3. The van der Waals surface area contributed by atoms with E-state index in [4.69, 9.17) is 0 Å². The Morgan fingerprint density at radius 1 is 0.682 bits per heavy atom. The fraction of sp³-hybridized carbons (Fsp3) is 0.850. The van der Waals surface area contributed by atoms with E-state index < -0.39 is 0 Å². The number of hydrogen-bond donors (Lipinski definition) is 1. The van der Waals surface area contributed by atoms with Gasteiger partial charge in [-0.25, -0.2) is 4.98 Å². The molecule has 0 saturated heterocycles. The predicted octanol–water partition coefficient (Wildman–Crippen LogP) is 7.21. The van der Waals surface area contributed by atoms with E-state index in [0.29, 0.717) is 0 Å². The first-order valence-corrected chi connectivity index (χ1v) is 9.77. The van der Waals surface area contributed by atoms with Gasteiger partial charge in [-0.15, -0.1) is 0 Å². The van der Waals surface area contributed by atoms with Gasteiger partial charge in [0.2, 0.25) is 0 Å². The second-order valence-electron chi connectivity index (χ2n) is 6.42. The third-order valence-corrected chi connectivity index (χ3v) is 4.09. The van der Waals surface area contributed by atoms with Crippen LogP contribution in [0.5, 0.6) is 0 Å². The summed E-state index contributed by atoms with van der Waals surface area (Å²) in [7, 11) is 0. The molecule has 2 heteroatoms. The predicted molar refractivity (Wildman–Crippen MR) is 99.3 cm³/mol. The molecule has 0 bridgehead atoms. The lowest BCUT2D eigenvalue weighted by Crippen LogP contribution is -1.82. The molecule has 130 valence electrons. The van der Waals surface area contributed by atoms with Gasteiger partial charge in [-0.3, -0.25) is 0 Å². The van der Waals surface area contributed by atoms with Crippen molar-refractivity contribution >= 4 is 0 Å². The van der Waals surface area contributed by atoms with Crippen molar-refractivity contribution in [2.75, 3.05) is 0 Å². The minimum absolute atomic E-state index is 0.968. The average molecular weight is 309 g/mol. The van der Waals surface area contributed by atoms with E-state index in [1.54, 1.807) is 12.4 Å². The quantitative estimate of drug-likeness (QED) is 0.383. The highest BCUT2D eigenvalue weighted by Crippen LogP contribution is 2.12. The van der Waals surface area contributed by atoms with Crippen molar-refractivity contribution in [3.05, 3.63) is 18.2 Å². The number of H-pyrrole nitrogens is 1. The molecule has 1 heterocycles. The van der Waals surface area contributed by atoms with Gasteiger partial charge in [0.1, 0.15) is 5.82 Å². The van der Waals surface area contributed by atoms with Crippen LogP contribution in [0, 0.1) is 6.92 Å². The molecular formula is C20H40N2. The highest BCUT2D eigenvalue weighted by molar-refractivity contribution is 4.80. The zero-order chi connectivity index (χ0) is 16.3. The van der Waals surface area contributed by atoms with Gasteiger partial charge in [-0.05, 0) is 6.92 Å². The van der Waals surface area contributed by atoms with Crippen molar-refractivity contribution in [1.29, 1.82) is 0 Å². The summed E-state index contributed by atoms with van der Waals surface area (Å²) in [5, 5.41) is 0. The molecule has 0 amide bonds. The summed E-state index contributed by atoms with van der Waals surface area (Å²) in [6, 6.07) is 0. The molecule has 0 unspecified atom stereocenters. The highest BCUT2D eigenvalue weighted by Gasteiger charge is 1.92. The molecule has 1 aromatic heterocycles. The molecule has 0 spiro atoms. The molecule has 0 aliphatic rings. The van der Waals surface area contributed by atoms with Gasteiger partial charge in [0.05, 0.1) is 0 Å². The fourth-order valence-electron chi connectivity index (χ4n) is 2.61. The van der Waals surface area contributed by atoms with Gasteiger partial charge in [0.25, 0.3) is 0 Å². The lowest BCUT2D eigenvalue weighted by molar-refractivity contribution is 0.538. The molecule has 0 saturated carbocycles. The number of hydrogen-bond acceptors (Lipinski definition) is 1. The smallest absolute Gasteiger partial charge is 0.102 e. The zero-order valence-electron chi connectivity index (χ0n) is 15.5. The van der Waals surface area contributed by atoms with Crippen LogP contribution < -0.4 is 0 Å². The molecular weight excluding hydrogens is 268 g/mol. The van der Waals surface area contributed by atoms with Crippen molar-refractivity contribution in [2.45, 2.75) is 111 Å². The number of aromatic nitrogens is 2. The second kappa shape index (κ2) is 18.3. The Morgan fingerprint density at radius 2 is 1.05 bits per heavy atom. The van der Waals surface area contributed by atoms with E-state index in [9.17, 15) is 0 Å². The van der Waals surface area contributed by atoms with E-state index >= 15 is 0 Å². The number of nitrogens with zero attached hydrogens (tertiary/aromatic N) is 1. The largest absolute Gasteiger partial charge is 0.349 e. The lowest BCUT2D eigenvalue weighted by Gasteiger charge is -2.02. The summed E-state index contributed by atoms with van der Waals surface area (Å²) < 4.78 is 0. The van der Waals surface area contributed by atoms with Gasteiger partial charge in [-0.2, -0.15) is 0 Å². The van der Waals surface area contributed by atoms with Crippen LogP contribution in [0.4, 0.5) is 0 Å². The standard InChI is InChI=1S/C16H34.C4H6N2/c1-3-5-7-9-11-13-15-16-14-12-10-8-6-4-2;1-4-5-2-3-6-4/h3-16H2,1-2H3;2-3H,1H3,(H,5,6). The van der Waals surface area contributed by atoms with E-state index in [1.807, 2.05) is 6.92 Å². The van der Waals surface area contributed by atoms with Crippen LogP contribution in [0.3, 0.4) is 0 Å². The summed E-state index contributed by atoms with van der Waals surface area (Å²) in [6.45, 7) is 6.50. The average Bonchev–Trinajstić information content (AvgIpc) is 3.00. The van der Waals surface area contributed by atoms with E-state index in [0.717, 1.165) is 5.82 Å². The number of nitrogens with one attached hydrogen (secondary N) is 1. The van der Waals surface area contributed by atoms with Gasteiger partial charge >= 0.3 is 0 Å². The minimum Gasteiger partial charge on any atom is -0.349 e. The Balaban J connectivity index is 0.000000604. The maximum Gasteiger partial charge on any atom is 0.102 e. The Labute approximate surface area is 139 Å². The number of aromatic amines is 1. The number of unbranched alkanes of at least 4 members (excludes halogenated alkanes) is 13. The molecule has 0 aromatic carbocycles. The second-order valence-corrected chi connectivity index (χ2v) is 6.42. The molecule has 1 aromatic rings. The van der Waals surface area contributed by atoms with E-state index in [2.05, 4.69) is 23.8 Å². The SMILES string of the molecule is CCCCCCCCCCCCCCCC.Cc1ncc[nH]1. The van der Waals surface area contributed by atoms with Crippen LogP contribution in [0.2, 0.25) is 0 Å². The summed E-state index contributed by atoms with van der Waals surface area (Å²) in [5.74, 6) is 0.968. The van der Waals surface area contributed by atoms with Crippen LogP contribution in [0.1, 0.15) is 110 Å². The number of imidazole rings is 1. The van der Waals surface area contributed by atoms with Crippen LogP contribution >= 0.6 is 0 Å². The molecule has 0 radical (unpaired) electrons. The van der Waals surface area contributed by atoms with Crippen LogP contribution in [0.15, 0.2) is 12.4 Å². The molecule has 0 atom stereocenters. The van der Waals surface area contributed by atoms with Crippen molar-refractivity contribution in [3.8, 4) is 0 Å². The molecule has 0 aliphatic heterocycles. The van der Waals surface area contributed by atoms with Crippen LogP contribution in [0.25, 0.3) is 0 Å². The van der Waals surface area contributed by atoms with Gasteiger partial charge in [-0.1, -0.05) is 104 Å². The van der Waals surface area contributed by atoms with Gasteiger partial charge in [0.15, 0.2) is 0 Å². The summed E-state index contributed by atoms with van der Waals surface area (Å²) in [4.78, 5) is 6.75. The first-order chi connectivity index (χ1) is 10.8. The molecule has 2 nitrogen and oxygen atoms in total. The third-order valence-electron chi connectivity index (χ3n) is 4.09. The fourth-order valence-corrected chi connectivity index (χ4v) is 2.61. The molecule has 22 heavy (non-hydrogen) atoms. The molecule has 0 aliphatic carbocycles. The molecule has 1 N–H and O–H groups in total. The highest BCUT2D eigenvalue weighted by atomic mass is 14.9. The summed E-state index contributed by atoms with van der Waals surface area (Å²) in [5.41, 5.74) is 0. The number of rotatable bonds is 13. The first kappa shape index (κ1) is 21.2. The molecule has 1 rings (SSSR count). The minimum atomic E-state index is 0.968. The van der Waals surface area contributed by atoms with Gasteiger partial charge < -0.3 is 4.98 Å². The first-order valence-electron chi connectivity index (χ1n) is 9.77. The van der Waals surface area contributed by atoms with Crippen molar-refractivity contribution in [2.24, 2.45) is 0 Å². The van der Waals surface area contributed by atoms with E-state index in [1.165, 1.54) is 89.9 Å². The Bertz CT molecular complexity index is 266. The maximum absolute atomic E-state index is 3.86. The van der Waals surface area contributed by atoms with Gasteiger partial charge in [0, 0.05) is 12.4 Å². The number of aryl methyl sites for hydroxylation is 1. The maximum atomic E-state index is 3.86. The summed E-state index contributed by atoms with van der Waals surface area (Å²) in [6.07, 6.45) is 24.0. The topological polar surface area (TPSA) is 28.7 Å². The third kappa shape index (κ3) is 17.3.